The van der Waals surface area contributed by atoms with Gasteiger partial charge in [-0.15, -0.1) is 0 Å². The van der Waals surface area contributed by atoms with Crippen LogP contribution in [0.3, 0.4) is 0 Å². The van der Waals surface area contributed by atoms with Gasteiger partial charge in [0, 0.05) is 25.7 Å². The summed E-state index contributed by atoms with van der Waals surface area (Å²) in [5.74, 6) is 1.47. The van der Waals surface area contributed by atoms with Crippen molar-refractivity contribution in [2.45, 2.75) is 25.6 Å². The van der Waals surface area contributed by atoms with E-state index >= 15 is 0 Å². The lowest BCUT2D eigenvalue weighted by molar-refractivity contribution is 0.773. The molecule has 4 rings (SSSR count). The van der Waals surface area contributed by atoms with Crippen molar-refractivity contribution >= 4 is 17.3 Å². The fourth-order valence-corrected chi connectivity index (χ4v) is 3.54. The zero-order valence-electron chi connectivity index (χ0n) is 15.9. The van der Waals surface area contributed by atoms with Gasteiger partial charge < -0.3 is 21.3 Å². The number of nitrogens with zero attached hydrogens (tertiary/aromatic N) is 3. The second-order valence-electron chi connectivity index (χ2n) is 7.12. The maximum absolute atomic E-state index is 6.52. The highest BCUT2D eigenvalue weighted by Gasteiger charge is 2.20. The molecule has 3 aromatic rings. The fraction of sp³-hybridized carbons (Fsp3) is 0.273. The van der Waals surface area contributed by atoms with Crippen LogP contribution in [0, 0.1) is 0 Å². The number of nitrogen functional groups attached to an aromatic ring is 1. The van der Waals surface area contributed by atoms with E-state index in [1.807, 2.05) is 12.1 Å². The summed E-state index contributed by atoms with van der Waals surface area (Å²) in [6, 6.07) is 21.1. The molecule has 0 amide bonds. The van der Waals surface area contributed by atoms with Crippen LogP contribution in [0.2, 0.25) is 0 Å². The highest BCUT2D eigenvalue weighted by atomic mass is 15.2. The highest BCUT2D eigenvalue weighted by molar-refractivity contribution is 5.75. The average Bonchev–Trinajstić information content (AvgIpc) is 3.24. The summed E-state index contributed by atoms with van der Waals surface area (Å²) in [5.41, 5.74) is 9.55. The SMILES string of the molecule is Nc1c(N[C@@H]2CCNC2)ncnc1N(Cc1ccccc1)Cc1ccccc1. The van der Waals surface area contributed by atoms with Crippen LogP contribution in [0.5, 0.6) is 0 Å². The smallest absolute Gasteiger partial charge is 0.158 e. The van der Waals surface area contributed by atoms with E-state index in [0.717, 1.165) is 38.4 Å². The molecule has 1 fully saturated rings. The fourth-order valence-electron chi connectivity index (χ4n) is 3.54. The first-order chi connectivity index (χ1) is 13.8. The second kappa shape index (κ2) is 8.71. The molecule has 1 saturated heterocycles. The number of rotatable bonds is 7. The Morgan fingerprint density at radius 1 is 0.964 bits per heavy atom. The van der Waals surface area contributed by atoms with Crippen molar-refractivity contribution in [2.24, 2.45) is 0 Å². The van der Waals surface area contributed by atoms with E-state index in [9.17, 15) is 0 Å². The van der Waals surface area contributed by atoms with Gasteiger partial charge in [0.1, 0.15) is 12.0 Å². The van der Waals surface area contributed by atoms with Crippen LogP contribution in [0.15, 0.2) is 67.0 Å². The maximum Gasteiger partial charge on any atom is 0.158 e. The first-order valence-corrected chi connectivity index (χ1v) is 9.70. The van der Waals surface area contributed by atoms with E-state index in [0.29, 0.717) is 17.5 Å². The Kier molecular flexibility index (Phi) is 5.68. The molecule has 1 atom stereocenters. The van der Waals surface area contributed by atoms with Gasteiger partial charge in [-0.05, 0) is 24.1 Å². The molecular formula is C22H26N6. The highest BCUT2D eigenvalue weighted by Crippen LogP contribution is 2.29. The van der Waals surface area contributed by atoms with Crippen LogP contribution in [0.25, 0.3) is 0 Å². The topological polar surface area (TPSA) is 79.1 Å². The molecule has 0 bridgehead atoms. The van der Waals surface area contributed by atoms with Gasteiger partial charge in [0.25, 0.3) is 0 Å². The summed E-state index contributed by atoms with van der Waals surface area (Å²) in [7, 11) is 0. The summed E-state index contributed by atoms with van der Waals surface area (Å²) in [4.78, 5) is 11.1. The van der Waals surface area contributed by atoms with Crippen molar-refractivity contribution in [3.8, 4) is 0 Å². The molecule has 4 N–H and O–H groups in total. The number of nitrogens with one attached hydrogen (secondary N) is 2. The molecule has 1 aliphatic rings. The van der Waals surface area contributed by atoms with Gasteiger partial charge >= 0.3 is 0 Å². The van der Waals surface area contributed by atoms with E-state index < -0.39 is 0 Å². The monoisotopic (exact) mass is 374 g/mol. The van der Waals surface area contributed by atoms with Crippen LogP contribution in [0.1, 0.15) is 17.5 Å². The van der Waals surface area contributed by atoms with Crippen molar-refractivity contribution < 1.29 is 0 Å². The van der Waals surface area contributed by atoms with Crippen molar-refractivity contribution in [2.75, 3.05) is 29.0 Å². The summed E-state index contributed by atoms with van der Waals surface area (Å²) in [5, 5.41) is 6.82. The molecule has 0 aliphatic carbocycles. The maximum atomic E-state index is 6.52. The molecule has 2 heterocycles. The van der Waals surface area contributed by atoms with Crippen molar-refractivity contribution in [3.63, 3.8) is 0 Å². The number of nitrogens with two attached hydrogens (primary N) is 1. The Hall–Kier alpha value is -3.12. The lowest BCUT2D eigenvalue weighted by atomic mass is 10.1. The first kappa shape index (κ1) is 18.3. The molecule has 6 heteroatoms. The molecule has 6 nitrogen and oxygen atoms in total. The third kappa shape index (κ3) is 4.40. The second-order valence-corrected chi connectivity index (χ2v) is 7.12. The molecule has 1 aromatic heterocycles. The predicted molar refractivity (Wildman–Crippen MR) is 114 cm³/mol. The van der Waals surface area contributed by atoms with Crippen LogP contribution in [0.4, 0.5) is 17.3 Å². The summed E-state index contributed by atoms with van der Waals surface area (Å²) in [6.45, 7) is 3.39. The van der Waals surface area contributed by atoms with E-state index in [1.165, 1.54) is 11.1 Å². The zero-order valence-corrected chi connectivity index (χ0v) is 15.9. The summed E-state index contributed by atoms with van der Waals surface area (Å²) >= 11 is 0. The zero-order chi connectivity index (χ0) is 19.2. The number of hydrogen-bond donors (Lipinski definition) is 3. The van der Waals surface area contributed by atoms with Gasteiger partial charge in [-0.3, -0.25) is 0 Å². The van der Waals surface area contributed by atoms with Crippen LogP contribution in [-0.2, 0) is 13.1 Å². The average molecular weight is 374 g/mol. The van der Waals surface area contributed by atoms with Crippen molar-refractivity contribution in [1.29, 1.82) is 0 Å². The predicted octanol–water partition coefficient (Wildman–Crippen LogP) is 3.04. The molecule has 1 aliphatic heterocycles. The quantitative estimate of drug-likeness (QED) is 0.590. The van der Waals surface area contributed by atoms with E-state index in [1.54, 1.807) is 6.33 Å². The van der Waals surface area contributed by atoms with E-state index in [4.69, 9.17) is 5.73 Å². The van der Waals surface area contributed by atoms with Gasteiger partial charge in [0.2, 0.25) is 0 Å². The van der Waals surface area contributed by atoms with Crippen LogP contribution in [-0.4, -0.2) is 29.1 Å². The Labute approximate surface area is 165 Å². The molecule has 2 aromatic carbocycles. The van der Waals surface area contributed by atoms with Gasteiger partial charge in [-0.1, -0.05) is 60.7 Å². The number of hydrogen-bond acceptors (Lipinski definition) is 6. The lowest BCUT2D eigenvalue weighted by Gasteiger charge is -2.26. The van der Waals surface area contributed by atoms with Crippen LogP contribution < -0.4 is 21.3 Å². The van der Waals surface area contributed by atoms with Gasteiger partial charge in [-0.25, -0.2) is 9.97 Å². The Morgan fingerprint density at radius 2 is 1.61 bits per heavy atom. The van der Waals surface area contributed by atoms with Gasteiger partial charge in [0.05, 0.1) is 0 Å². The largest absolute Gasteiger partial charge is 0.393 e. The summed E-state index contributed by atoms with van der Waals surface area (Å²) in [6.07, 6.45) is 2.66. The van der Waals surface area contributed by atoms with E-state index in [2.05, 4.69) is 74.0 Å². The number of benzene rings is 2. The Bertz CT molecular complexity index is 837. The molecule has 28 heavy (non-hydrogen) atoms. The van der Waals surface area contributed by atoms with Crippen LogP contribution >= 0.6 is 0 Å². The molecule has 0 spiro atoms. The summed E-state index contributed by atoms with van der Waals surface area (Å²) < 4.78 is 0. The third-order valence-corrected chi connectivity index (χ3v) is 5.00. The minimum atomic E-state index is 0.349. The molecule has 0 saturated carbocycles. The minimum Gasteiger partial charge on any atom is -0.393 e. The molecule has 0 radical (unpaired) electrons. The standard InChI is InChI=1S/C22H26N6/c23-20-21(27-19-11-12-24-13-19)25-16-26-22(20)28(14-17-7-3-1-4-8-17)15-18-9-5-2-6-10-18/h1-10,16,19,24H,11-15,23H2,(H,25,26,27)/t19-/m1/s1. The lowest BCUT2D eigenvalue weighted by Crippen LogP contribution is -2.27. The molecule has 0 unspecified atom stereocenters. The Balaban J connectivity index is 1.63. The van der Waals surface area contributed by atoms with Crippen molar-refractivity contribution in [3.05, 3.63) is 78.1 Å². The number of aromatic nitrogens is 2. The third-order valence-electron chi connectivity index (χ3n) is 5.00. The Morgan fingerprint density at radius 3 is 2.18 bits per heavy atom. The van der Waals surface area contributed by atoms with Gasteiger partial charge in [-0.2, -0.15) is 0 Å². The number of anilines is 3. The minimum absolute atomic E-state index is 0.349. The molecular weight excluding hydrogens is 348 g/mol. The first-order valence-electron chi connectivity index (χ1n) is 9.70. The van der Waals surface area contributed by atoms with Crippen molar-refractivity contribution in [1.82, 2.24) is 15.3 Å². The normalized spacial score (nSPS) is 16.1. The van der Waals surface area contributed by atoms with Gasteiger partial charge in [0.15, 0.2) is 11.6 Å². The molecule has 144 valence electrons. The van der Waals surface area contributed by atoms with E-state index in [-0.39, 0.29) is 0 Å².